The number of nitrogens with one attached hydrogen (secondary N) is 1. The summed E-state index contributed by atoms with van der Waals surface area (Å²) in [4.78, 5) is 37.5. The molecule has 0 radical (unpaired) electrons. The molecule has 0 fully saturated rings. The fourth-order valence-corrected chi connectivity index (χ4v) is 3.29. The number of methoxy groups -OCH3 is 1. The van der Waals surface area contributed by atoms with Crippen LogP contribution in [0.3, 0.4) is 0 Å². The Bertz CT molecular complexity index is 689. The van der Waals surface area contributed by atoms with E-state index in [9.17, 15) is 14.4 Å². The van der Waals surface area contributed by atoms with Crippen LogP contribution in [0, 0.1) is 0 Å². The summed E-state index contributed by atoms with van der Waals surface area (Å²) in [6.07, 6.45) is 0.330. The lowest BCUT2D eigenvalue weighted by Crippen LogP contribution is -2.41. The van der Waals surface area contributed by atoms with Gasteiger partial charge in [-0.1, -0.05) is 12.1 Å². The van der Waals surface area contributed by atoms with Gasteiger partial charge in [0.05, 0.1) is 12.6 Å². The highest BCUT2D eigenvalue weighted by molar-refractivity contribution is 6.01. The minimum Gasteiger partial charge on any atom is -0.383 e. The van der Waals surface area contributed by atoms with Gasteiger partial charge in [0.15, 0.2) is 5.78 Å². The zero-order chi connectivity index (χ0) is 19.3. The van der Waals surface area contributed by atoms with Crippen molar-refractivity contribution in [3.05, 3.63) is 34.9 Å². The molecule has 0 saturated heterocycles. The predicted molar refractivity (Wildman–Crippen MR) is 97.4 cm³/mol. The van der Waals surface area contributed by atoms with Crippen LogP contribution in [0.2, 0.25) is 0 Å². The SMILES string of the molecule is COCC(C)NCc1cccc2c1CN(C(CCC(N)=O)C(C)=O)C2=O. The molecule has 142 valence electrons. The fourth-order valence-electron chi connectivity index (χ4n) is 3.29. The van der Waals surface area contributed by atoms with Crippen molar-refractivity contribution in [2.24, 2.45) is 5.73 Å². The van der Waals surface area contributed by atoms with Crippen LogP contribution in [-0.2, 0) is 27.4 Å². The molecule has 0 spiro atoms. The molecular formula is C19H27N3O4. The lowest BCUT2D eigenvalue weighted by Gasteiger charge is -2.25. The Morgan fingerprint density at radius 1 is 1.38 bits per heavy atom. The van der Waals surface area contributed by atoms with Gasteiger partial charge in [0, 0.05) is 38.2 Å². The summed E-state index contributed by atoms with van der Waals surface area (Å²) < 4.78 is 5.12. The van der Waals surface area contributed by atoms with Crippen LogP contribution in [0.25, 0.3) is 0 Å². The van der Waals surface area contributed by atoms with Crippen LogP contribution in [0.5, 0.6) is 0 Å². The minimum absolute atomic E-state index is 0.0767. The molecule has 1 aliphatic rings. The van der Waals surface area contributed by atoms with E-state index in [1.807, 2.05) is 19.1 Å². The Labute approximate surface area is 153 Å². The molecule has 0 bridgehead atoms. The first-order valence-corrected chi connectivity index (χ1v) is 8.78. The second kappa shape index (κ2) is 8.91. The van der Waals surface area contributed by atoms with Crippen LogP contribution in [0.4, 0.5) is 0 Å². The number of benzene rings is 1. The van der Waals surface area contributed by atoms with Crippen molar-refractivity contribution in [3.8, 4) is 0 Å². The average molecular weight is 361 g/mol. The van der Waals surface area contributed by atoms with Gasteiger partial charge in [0.1, 0.15) is 0 Å². The van der Waals surface area contributed by atoms with Gasteiger partial charge in [0.2, 0.25) is 5.91 Å². The first-order valence-electron chi connectivity index (χ1n) is 8.78. The monoisotopic (exact) mass is 361 g/mol. The maximum absolute atomic E-state index is 12.8. The lowest BCUT2D eigenvalue weighted by atomic mass is 10.0. The molecule has 2 amide bonds. The number of nitrogens with two attached hydrogens (primary N) is 1. The number of nitrogens with zero attached hydrogens (tertiary/aromatic N) is 1. The normalized spacial score (nSPS) is 15.7. The van der Waals surface area contributed by atoms with Crippen LogP contribution in [-0.4, -0.2) is 48.3 Å². The minimum atomic E-state index is -0.629. The molecule has 2 rings (SSSR count). The van der Waals surface area contributed by atoms with Gasteiger partial charge in [-0.2, -0.15) is 0 Å². The number of hydrogen-bond donors (Lipinski definition) is 2. The van der Waals surface area contributed by atoms with Crippen molar-refractivity contribution in [1.29, 1.82) is 0 Å². The number of fused-ring (bicyclic) bond motifs is 1. The third-order valence-electron chi connectivity index (χ3n) is 4.66. The number of primary amides is 1. The summed E-state index contributed by atoms with van der Waals surface area (Å²) in [5.41, 5.74) is 7.78. The third-order valence-corrected chi connectivity index (χ3v) is 4.66. The Morgan fingerprint density at radius 3 is 2.73 bits per heavy atom. The Kier molecular flexibility index (Phi) is 6.88. The highest BCUT2D eigenvalue weighted by atomic mass is 16.5. The quantitative estimate of drug-likeness (QED) is 0.647. The summed E-state index contributed by atoms with van der Waals surface area (Å²) >= 11 is 0. The number of carbonyl (C=O) groups is 3. The van der Waals surface area contributed by atoms with Gasteiger partial charge in [-0.15, -0.1) is 0 Å². The van der Waals surface area contributed by atoms with Crippen molar-refractivity contribution in [3.63, 3.8) is 0 Å². The molecule has 2 atom stereocenters. The first kappa shape index (κ1) is 20.1. The van der Waals surface area contributed by atoms with Gasteiger partial charge < -0.3 is 20.7 Å². The van der Waals surface area contributed by atoms with Crippen LogP contribution >= 0.6 is 0 Å². The van der Waals surface area contributed by atoms with Crippen LogP contribution in [0.15, 0.2) is 18.2 Å². The van der Waals surface area contributed by atoms with Crippen molar-refractivity contribution >= 4 is 17.6 Å². The largest absolute Gasteiger partial charge is 0.383 e. The smallest absolute Gasteiger partial charge is 0.255 e. The molecule has 1 aromatic rings. The van der Waals surface area contributed by atoms with Crippen molar-refractivity contribution < 1.29 is 19.1 Å². The molecule has 3 N–H and O–H groups in total. The van der Waals surface area contributed by atoms with Crippen LogP contribution < -0.4 is 11.1 Å². The summed E-state index contributed by atoms with van der Waals surface area (Å²) in [5.74, 6) is -0.783. The molecule has 0 aromatic heterocycles. The Balaban J connectivity index is 2.17. The zero-order valence-electron chi connectivity index (χ0n) is 15.6. The summed E-state index contributed by atoms with van der Waals surface area (Å²) in [6, 6.07) is 5.17. The molecule has 7 nitrogen and oxygen atoms in total. The molecule has 2 unspecified atom stereocenters. The van der Waals surface area contributed by atoms with E-state index in [1.54, 1.807) is 18.1 Å². The topological polar surface area (TPSA) is 102 Å². The lowest BCUT2D eigenvalue weighted by molar-refractivity contribution is -0.122. The maximum atomic E-state index is 12.8. The molecule has 0 saturated carbocycles. The summed E-state index contributed by atoms with van der Waals surface area (Å²) in [7, 11) is 1.66. The molecule has 26 heavy (non-hydrogen) atoms. The van der Waals surface area contributed by atoms with Gasteiger partial charge in [0.25, 0.3) is 5.91 Å². The first-order chi connectivity index (χ1) is 12.3. The number of rotatable bonds is 10. The van der Waals surface area contributed by atoms with Gasteiger partial charge in [-0.05, 0) is 37.5 Å². The van der Waals surface area contributed by atoms with E-state index in [1.165, 1.54) is 6.92 Å². The number of carbonyl (C=O) groups excluding carboxylic acids is 3. The highest BCUT2D eigenvalue weighted by Gasteiger charge is 2.35. The van der Waals surface area contributed by atoms with E-state index in [2.05, 4.69) is 5.32 Å². The molecule has 0 aliphatic carbocycles. The van der Waals surface area contributed by atoms with E-state index < -0.39 is 11.9 Å². The number of ketones is 1. The van der Waals surface area contributed by atoms with Gasteiger partial charge in [-0.3, -0.25) is 14.4 Å². The second-order valence-corrected chi connectivity index (χ2v) is 6.75. The standard InChI is InChI=1S/C19H27N3O4/c1-12(11-26-3)21-9-14-5-4-6-15-16(14)10-22(19(15)25)17(13(2)23)7-8-18(20)24/h4-6,12,17,21H,7-11H2,1-3H3,(H2,20,24). The number of hydrogen-bond acceptors (Lipinski definition) is 5. The number of Topliss-reactive ketones (excluding diaryl/α,β-unsaturated/α-hetero) is 1. The second-order valence-electron chi connectivity index (χ2n) is 6.75. The fraction of sp³-hybridized carbons (Fsp3) is 0.526. The predicted octanol–water partition coefficient (Wildman–Crippen LogP) is 0.990. The highest BCUT2D eigenvalue weighted by Crippen LogP contribution is 2.29. The molecular weight excluding hydrogens is 334 g/mol. The van der Waals surface area contributed by atoms with E-state index in [4.69, 9.17) is 10.5 Å². The van der Waals surface area contributed by atoms with E-state index in [0.29, 0.717) is 25.3 Å². The van der Waals surface area contributed by atoms with E-state index in [-0.39, 0.29) is 30.6 Å². The molecule has 1 aromatic carbocycles. The van der Waals surface area contributed by atoms with Crippen molar-refractivity contribution in [2.75, 3.05) is 13.7 Å². The van der Waals surface area contributed by atoms with Crippen LogP contribution in [0.1, 0.15) is 48.2 Å². The maximum Gasteiger partial charge on any atom is 0.255 e. The zero-order valence-corrected chi connectivity index (χ0v) is 15.6. The number of ether oxygens (including phenoxy) is 1. The van der Waals surface area contributed by atoms with Crippen molar-refractivity contribution in [1.82, 2.24) is 10.2 Å². The Morgan fingerprint density at radius 2 is 2.12 bits per heavy atom. The number of amides is 2. The summed E-state index contributed by atoms with van der Waals surface area (Å²) in [6.45, 7) is 5.05. The molecule has 7 heteroatoms. The van der Waals surface area contributed by atoms with E-state index >= 15 is 0 Å². The average Bonchev–Trinajstić information content (AvgIpc) is 2.90. The third kappa shape index (κ3) is 4.68. The van der Waals surface area contributed by atoms with Crippen molar-refractivity contribution in [2.45, 2.75) is 51.9 Å². The Hall–Kier alpha value is -2.25. The van der Waals surface area contributed by atoms with Gasteiger partial charge >= 0.3 is 0 Å². The molecule has 1 aliphatic heterocycles. The molecule has 1 heterocycles. The summed E-state index contributed by atoms with van der Waals surface area (Å²) in [5, 5.41) is 3.37. The van der Waals surface area contributed by atoms with Gasteiger partial charge in [-0.25, -0.2) is 0 Å². The van der Waals surface area contributed by atoms with E-state index in [0.717, 1.165) is 11.1 Å².